The van der Waals surface area contributed by atoms with Crippen molar-refractivity contribution < 1.29 is 29.9 Å². The summed E-state index contributed by atoms with van der Waals surface area (Å²) in [6, 6.07) is 1.31. The fraction of sp³-hybridized carbons (Fsp3) is 0.333. The summed E-state index contributed by atoms with van der Waals surface area (Å²) >= 11 is 0. The van der Waals surface area contributed by atoms with Crippen molar-refractivity contribution in [3.63, 3.8) is 0 Å². The Hall–Kier alpha value is -2.24. The van der Waals surface area contributed by atoms with Crippen molar-refractivity contribution in [2.24, 2.45) is 0 Å². The summed E-state index contributed by atoms with van der Waals surface area (Å²) in [5.41, 5.74) is -0.836. The molecule has 6 nitrogen and oxygen atoms in total. The zero-order valence-corrected chi connectivity index (χ0v) is 13.1. The Kier molecular flexibility index (Phi) is 4.52. The number of alkyl halides is 3. The van der Waals surface area contributed by atoms with Gasteiger partial charge >= 0.3 is 16.4 Å². The van der Waals surface area contributed by atoms with Crippen LogP contribution >= 0.6 is 0 Å². The number of rotatable bonds is 4. The zero-order valence-electron chi connectivity index (χ0n) is 12.3. The normalized spacial score (nSPS) is 12.5. The van der Waals surface area contributed by atoms with E-state index in [4.69, 9.17) is 0 Å². The number of hydrogen-bond acceptors (Lipinski definition) is 5. The fourth-order valence-corrected chi connectivity index (χ4v) is 2.78. The van der Waals surface area contributed by atoms with Gasteiger partial charge in [0, 0.05) is 7.05 Å². The molecule has 0 aliphatic heterocycles. The molecule has 2 aromatic rings. The van der Waals surface area contributed by atoms with Crippen LogP contribution in [0.5, 0.6) is 0 Å². The van der Waals surface area contributed by atoms with Crippen LogP contribution in [0, 0.1) is 5.82 Å². The van der Waals surface area contributed by atoms with E-state index in [1.807, 2.05) is 0 Å². The lowest BCUT2D eigenvalue weighted by atomic mass is 10.1. The van der Waals surface area contributed by atoms with Gasteiger partial charge in [0.05, 0.1) is 0 Å². The van der Waals surface area contributed by atoms with Gasteiger partial charge in [0.2, 0.25) is 5.95 Å². The average Bonchev–Trinajstić information content (AvgIpc) is 2.89. The highest BCUT2D eigenvalue weighted by atomic mass is 32.3. The summed E-state index contributed by atoms with van der Waals surface area (Å²) in [5.74, 6) is -3.13. The van der Waals surface area contributed by atoms with E-state index in [1.54, 1.807) is 0 Å². The highest BCUT2D eigenvalue weighted by molar-refractivity contribution is 7.86. The molecule has 12 heteroatoms. The molecular weight excluding hydrogens is 359 g/mol. The number of hydrogen-bond donors (Lipinski definition) is 1. The standard InChI is InChI=1S/C12H11F5N4O2S/c1-3-6-4-7(13)8(5-9(6)24(17,22)23)21-11(18-2)19-10(20-21)12(14,15)16/h4-5H,3H2,1-2H3,(H,18,19,20). The molecular formula is C12H11F5N4O2S. The first-order valence-electron chi connectivity index (χ1n) is 6.48. The van der Waals surface area contributed by atoms with Crippen LogP contribution in [-0.2, 0) is 22.8 Å². The molecule has 24 heavy (non-hydrogen) atoms. The van der Waals surface area contributed by atoms with Crippen LogP contribution in [0.25, 0.3) is 5.69 Å². The number of halogens is 5. The van der Waals surface area contributed by atoms with Crippen LogP contribution in [0.1, 0.15) is 18.3 Å². The van der Waals surface area contributed by atoms with Gasteiger partial charge in [0.1, 0.15) is 16.4 Å². The van der Waals surface area contributed by atoms with Crippen molar-refractivity contribution in [3.8, 4) is 5.69 Å². The minimum Gasteiger partial charge on any atom is -0.357 e. The minimum absolute atomic E-state index is 0.000271. The molecule has 1 aromatic carbocycles. The van der Waals surface area contributed by atoms with Crippen molar-refractivity contribution in [2.45, 2.75) is 24.4 Å². The maximum atomic E-state index is 14.2. The molecule has 1 aromatic heterocycles. The van der Waals surface area contributed by atoms with Gasteiger partial charge in [-0.05, 0) is 24.1 Å². The Morgan fingerprint density at radius 1 is 1.29 bits per heavy atom. The molecule has 0 fully saturated rings. The molecule has 0 radical (unpaired) electrons. The first-order chi connectivity index (χ1) is 11.0. The summed E-state index contributed by atoms with van der Waals surface area (Å²) in [6.45, 7) is 1.47. The van der Waals surface area contributed by atoms with Crippen molar-refractivity contribution >= 4 is 16.2 Å². The van der Waals surface area contributed by atoms with Crippen molar-refractivity contribution in [2.75, 3.05) is 12.4 Å². The van der Waals surface area contributed by atoms with E-state index < -0.39 is 44.6 Å². The third kappa shape index (κ3) is 3.32. The van der Waals surface area contributed by atoms with Gasteiger partial charge < -0.3 is 5.32 Å². The summed E-state index contributed by atoms with van der Waals surface area (Å²) < 4.78 is 88.5. The Bertz CT molecular complexity index is 876. The molecule has 0 saturated heterocycles. The molecule has 0 saturated carbocycles. The number of aryl methyl sites for hydroxylation is 1. The summed E-state index contributed by atoms with van der Waals surface area (Å²) in [4.78, 5) is 2.32. The van der Waals surface area contributed by atoms with E-state index in [0.29, 0.717) is 10.7 Å². The highest BCUT2D eigenvalue weighted by Gasteiger charge is 2.37. The second kappa shape index (κ2) is 6.00. The number of aromatic nitrogens is 3. The summed E-state index contributed by atoms with van der Waals surface area (Å²) in [7, 11) is -3.99. The van der Waals surface area contributed by atoms with Crippen molar-refractivity contribution in [3.05, 3.63) is 29.3 Å². The third-order valence-corrected chi connectivity index (χ3v) is 3.99. The number of nitrogens with zero attached hydrogens (tertiary/aromatic N) is 3. The van der Waals surface area contributed by atoms with E-state index in [0.717, 1.165) is 6.07 Å². The summed E-state index contributed by atoms with van der Waals surface area (Å²) in [5, 5.41) is 5.40. The first-order valence-corrected chi connectivity index (χ1v) is 7.86. The van der Waals surface area contributed by atoms with Gasteiger partial charge in [-0.25, -0.2) is 4.39 Å². The van der Waals surface area contributed by atoms with E-state index >= 15 is 0 Å². The molecule has 0 bridgehead atoms. The maximum absolute atomic E-state index is 14.2. The van der Waals surface area contributed by atoms with Gasteiger partial charge in [-0.3, -0.25) is 0 Å². The Labute approximate surface area is 133 Å². The predicted octanol–water partition coefficient (Wildman–Crippen LogP) is 2.69. The quantitative estimate of drug-likeness (QED) is 0.662. The van der Waals surface area contributed by atoms with Crippen LogP contribution in [0.3, 0.4) is 0 Å². The molecule has 0 amide bonds. The monoisotopic (exact) mass is 370 g/mol. The van der Waals surface area contributed by atoms with Crippen LogP contribution in [0.15, 0.2) is 17.0 Å². The number of nitrogens with one attached hydrogen (secondary N) is 1. The topological polar surface area (TPSA) is 76.9 Å². The van der Waals surface area contributed by atoms with Crippen LogP contribution in [0.4, 0.5) is 27.4 Å². The second-order valence-electron chi connectivity index (χ2n) is 4.62. The number of anilines is 1. The lowest BCUT2D eigenvalue weighted by Gasteiger charge is -2.10. The Morgan fingerprint density at radius 2 is 1.92 bits per heavy atom. The van der Waals surface area contributed by atoms with Gasteiger partial charge in [0.25, 0.3) is 5.82 Å². The van der Waals surface area contributed by atoms with Crippen molar-refractivity contribution in [1.29, 1.82) is 0 Å². The van der Waals surface area contributed by atoms with Gasteiger partial charge in [0.15, 0.2) is 0 Å². The van der Waals surface area contributed by atoms with Gasteiger partial charge in [-0.15, -0.1) is 8.98 Å². The second-order valence-corrected chi connectivity index (χ2v) is 5.94. The molecule has 0 spiro atoms. The third-order valence-electron chi connectivity index (χ3n) is 3.09. The van der Waals surface area contributed by atoms with Gasteiger partial charge in [-0.2, -0.15) is 31.3 Å². The lowest BCUT2D eigenvalue weighted by molar-refractivity contribution is -0.144. The molecule has 0 unspecified atom stereocenters. The summed E-state index contributed by atoms with van der Waals surface area (Å²) in [6.07, 6.45) is -4.90. The zero-order chi connectivity index (χ0) is 18.3. The smallest absolute Gasteiger partial charge is 0.357 e. The molecule has 132 valence electrons. The fourth-order valence-electron chi connectivity index (χ4n) is 2.01. The molecule has 1 N–H and O–H groups in total. The van der Waals surface area contributed by atoms with Gasteiger partial charge in [-0.1, -0.05) is 6.92 Å². The molecule has 0 atom stereocenters. The number of benzene rings is 1. The average molecular weight is 370 g/mol. The minimum atomic E-state index is -5.20. The van der Waals surface area contributed by atoms with E-state index in [2.05, 4.69) is 15.4 Å². The van der Waals surface area contributed by atoms with Crippen LogP contribution < -0.4 is 5.32 Å². The van der Waals surface area contributed by atoms with E-state index in [1.165, 1.54) is 14.0 Å². The predicted molar refractivity (Wildman–Crippen MR) is 73.5 cm³/mol. The Balaban J connectivity index is 2.76. The first kappa shape index (κ1) is 18.1. The molecule has 0 aliphatic carbocycles. The largest absolute Gasteiger partial charge is 0.453 e. The lowest BCUT2D eigenvalue weighted by Crippen LogP contribution is -2.10. The Morgan fingerprint density at radius 3 is 2.38 bits per heavy atom. The van der Waals surface area contributed by atoms with Crippen LogP contribution in [0.2, 0.25) is 0 Å². The molecule has 0 aliphatic rings. The van der Waals surface area contributed by atoms with E-state index in [-0.39, 0.29) is 12.0 Å². The molecule has 1 heterocycles. The SMILES string of the molecule is CCc1cc(F)c(-n2nc(C(F)(F)F)nc2NC)cc1S(=O)(=O)F. The maximum Gasteiger partial charge on any atom is 0.453 e. The van der Waals surface area contributed by atoms with Crippen molar-refractivity contribution in [1.82, 2.24) is 14.8 Å². The van der Waals surface area contributed by atoms with E-state index in [9.17, 15) is 29.9 Å². The van der Waals surface area contributed by atoms with Crippen LogP contribution in [-0.4, -0.2) is 30.2 Å². The highest BCUT2D eigenvalue weighted by Crippen LogP contribution is 2.30. The molecule has 2 rings (SSSR count).